The van der Waals surface area contributed by atoms with Gasteiger partial charge in [-0.05, 0) is 32.2 Å². The van der Waals surface area contributed by atoms with Gasteiger partial charge in [0.15, 0.2) is 5.25 Å². The normalized spacial score (nSPS) is 27.1. The second-order valence-electron chi connectivity index (χ2n) is 4.89. The monoisotopic (exact) mass is 278 g/mol. The number of sulfonamides is 1. The van der Waals surface area contributed by atoms with Crippen LogP contribution in [0.3, 0.4) is 0 Å². The van der Waals surface area contributed by atoms with Gasteiger partial charge in [-0.25, -0.2) is 12.7 Å². The average molecular weight is 278 g/mol. The molecule has 18 heavy (non-hydrogen) atoms. The van der Waals surface area contributed by atoms with E-state index in [0.717, 1.165) is 25.7 Å². The molecule has 1 aliphatic rings. The third-order valence-electron chi connectivity index (χ3n) is 3.83. The third kappa shape index (κ3) is 3.02. The maximum atomic E-state index is 12.1. The summed E-state index contributed by atoms with van der Waals surface area (Å²) in [4.78, 5) is 10.9. The summed E-state index contributed by atoms with van der Waals surface area (Å²) in [5, 5.41) is 7.44. The predicted molar refractivity (Wildman–Crippen MR) is 68.6 cm³/mol. The van der Waals surface area contributed by atoms with Crippen molar-refractivity contribution in [3.63, 3.8) is 0 Å². The van der Waals surface area contributed by atoms with Crippen LogP contribution < -0.4 is 5.73 Å². The van der Waals surface area contributed by atoms with Crippen LogP contribution in [0.25, 0.3) is 0 Å². The molecule has 0 heterocycles. The summed E-state index contributed by atoms with van der Waals surface area (Å²) in [7, 11) is -2.34. The van der Waals surface area contributed by atoms with Crippen molar-refractivity contribution in [2.45, 2.75) is 43.9 Å². The van der Waals surface area contributed by atoms with Gasteiger partial charge < -0.3 is 10.8 Å². The van der Waals surface area contributed by atoms with E-state index in [1.165, 1.54) is 18.3 Å². The van der Waals surface area contributed by atoms with Gasteiger partial charge in [0.05, 0.1) is 0 Å². The molecule has 0 radical (unpaired) electrons. The number of nitrogens with zero attached hydrogens (tertiary/aromatic N) is 1. The number of rotatable bonds is 5. The van der Waals surface area contributed by atoms with Crippen molar-refractivity contribution in [1.82, 2.24) is 4.31 Å². The van der Waals surface area contributed by atoms with E-state index < -0.39 is 21.2 Å². The Balaban J connectivity index is 2.91. The summed E-state index contributed by atoms with van der Waals surface area (Å²) in [6.45, 7) is 1.64. The molecule has 3 unspecified atom stereocenters. The molecule has 106 valence electrons. The first-order chi connectivity index (χ1) is 8.32. The first-order valence-corrected chi connectivity index (χ1v) is 7.72. The van der Waals surface area contributed by atoms with Crippen LogP contribution >= 0.6 is 0 Å². The highest BCUT2D eigenvalue weighted by Gasteiger charge is 2.38. The zero-order valence-electron chi connectivity index (χ0n) is 10.9. The van der Waals surface area contributed by atoms with E-state index in [2.05, 4.69) is 0 Å². The highest BCUT2D eigenvalue weighted by molar-refractivity contribution is 7.90. The zero-order chi connectivity index (χ0) is 13.9. The standard InChI is InChI=1S/C11H22N2O4S/c1-8(11(14)15)18(16,17)13(2)10-6-4-3-5-9(10)7-12/h8-10H,3-7,12H2,1-2H3,(H,14,15). The summed E-state index contributed by atoms with van der Waals surface area (Å²) >= 11 is 0. The Hall–Kier alpha value is -0.660. The number of hydrogen-bond donors (Lipinski definition) is 2. The minimum absolute atomic E-state index is 0.125. The van der Waals surface area contributed by atoms with E-state index >= 15 is 0 Å². The van der Waals surface area contributed by atoms with Gasteiger partial charge in [-0.1, -0.05) is 12.8 Å². The zero-order valence-corrected chi connectivity index (χ0v) is 11.7. The summed E-state index contributed by atoms with van der Waals surface area (Å²) in [5.41, 5.74) is 5.67. The van der Waals surface area contributed by atoms with Crippen LogP contribution in [0.4, 0.5) is 0 Å². The molecule has 1 fully saturated rings. The van der Waals surface area contributed by atoms with Crippen molar-refractivity contribution >= 4 is 16.0 Å². The van der Waals surface area contributed by atoms with Gasteiger partial charge in [-0.15, -0.1) is 0 Å². The molecule has 0 aliphatic heterocycles. The Morgan fingerprint density at radius 2 is 2.00 bits per heavy atom. The van der Waals surface area contributed by atoms with Gasteiger partial charge in [-0.3, -0.25) is 4.79 Å². The van der Waals surface area contributed by atoms with Crippen molar-refractivity contribution in [3.8, 4) is 0 Å². The molecule has 0 aromatic heterocycles. The Labute approximate surface area is 108 Å². The van der Waals surface area contributed by atoms with Crippen molar-refractivity contribution in [2.75, 3.05) is 13.6 Å². The van der Waals surface area contributed by atoms with E-state index in [1.54, 1.807) is 0 Å². The van der Waals surface area contributed by atoms with E-state index in [-0.39, 0.29) is 12.0 Å². The minimum Gasteiger partial charge on any atom is -0.480 e. The van der Waals surface area contributed by atoms with Crippen molar-refractivity contribution in [1.29, 1.82) is 0 Å². The molecule has 3 atom stereocenters. The molecular weight excluding hydrogens is 256 g/mol. The lowest BCUT2D eigenvalue weighted by atomic mass is 9.85. The molecule has 6 nitrogen and oxygen atoms in total. The Kier molecular flexibility index (Phi) is 5.12. The highest BCUT2D eigenvalue weighted by Crippen LogP contribution is 2.29. The Morgan fingerprint density at radius 1 is 1.44 bits per heavy atom. The fourth-order valence-electron chi connectivity index (χ4n) is 2.51. The van der Waals surface area contributed by atoms with Crippen LogP contribution in [0.1, 0.15) is 32.6 Å². The molecule has 3 N–H and O–H groups in total. The van der Waals surface area contributed by atoms with E-state index in [9.17, 15) is 13.2 Å². The molecule has 0 aromatic rings. The molecule has 0 saturated heterocycles. The van der Waals surface area contributed by atoms with Gasteiger partial charge in [0, 0.05) is 13.1 Å². The van der Waals surface area contributed by atoms with Crippen LogP contribution in [0, 0.1) is 5.92 Å². The van der Waals surface area contributed by atoms with Crippen LogP contribution in [0.5, 0.6) is 0 Å². The molecule has 1 rings (SSSR count). The second-order valence-corrected chi connectivity index (χ2v) is 7.20. The third-order valence-corrected chi connectivity index (χ3v) is 6.00. The Bertz CT molecular complexity index is 396. The number of aliphatic carboxylic acids is 1. The molecule has 0 amide bonds. The largest absolute Gasteiger partial charge is 0.480 e. The highest BCUT2D eigenvalue weighted by atomic mass is 32.2. The van der Waals surface area contributed by atoms with Crippen LogP contribution in [-0.4, -0.2) is 48.7 Å². The number of hydrogen-bond acceptors (Lipinski definition) is 4. The van der Waals surface area contributed by atoms with Crippen LogP contribution in [-0.2, 0) is 14.8 Å². The maximum absolute atomic E-state index is 12.1. The maximum Gasteiger partial charge on any atom is 0.323 e. The molecule has 0 spiro atoms. The van der Waals surface area contributed by atoms with Crippen LogP contribution in [0.2, 0.25) is 0 Å². The van der Waals surface area contributed by atoms with Gasteiger partial charge in [0.25, 0.3) is 0 Å². The van der Waals surface area contributed by atoms with Gasteiger partial charge in [0.2, 0.25) is 10.0 Å². The van der Waals surface area contributed by atoms with Gasteiger partial charge >= 0.3 is 5.97 Å². The first-order valence-electron chi connectivity index (χ1n) is 6.22. The molecule has 1 saturated carbocycles. The lowest BCUT2D eigenvalue weighted by molar-refractivity contribution is -0.136. The summed E-state index contributed by atoms with van der Waals surface area (Å²) in [6.07, 6.45) is 3.68. The quantitative estimate of drug-likeness (QED) is 0.750. The van der Waals surface area contributed by atoms with E-state index in [0.29, 0.717) is 6.54 Å². The number of nitrogens with two attached hydrogens (primary N) is 1. The molecule has 7 heteroatoms. The number of carboxylic acids is 1. The SMILES string of the molecule is CC(C(=O)O)S(=O)(=O)N(C)C1CCCCC1CN. The van der Waals surface area contributed by atoms with Gasteiger partial charge in [-0.2, -0.15) is 0 Å². The van der Waals surface area contributed by atoms with Crippen LogP contribution in [0.15, 0.2) is 0 Å². The smallest absolute Gasteiger partial charge is 0.323 e. The Morgan fingerprint density at radius 3 is 2.50 bits per heavy atom. The van der Waals surface area contributed by atoms with Crippen molar-refractivity contribution in [2.24, 2.45) is 11.7 Å². The van der Waals surface area contributed by atoms with E-state index in [1.807, 2.05) is 0 Å². The minimum atomic E-state index is -3.80. The molecule has 0 aromatic carbocycles. The summed E-state index contributed by atoms with van der Waals surface area (Å²) < 4.78 is 25.5. The second kappa shape index (κ2) is 5.99. The molecular formula is C11H22N2O4S. The number of carboxylic acid groups (broad SMARTS) is 1. The fourth-order valence-corrected chi connectivity index (χ4v) is 3.92. The van der Waals surface area contributed by atoms with Gasteiger partial charge in [0.1, 0.15) is 0 Å². The molecule has 0 bridgehead atoms. The summed E-state index contributed by atoms with van der Waals surface area (Å²) in [5.74, 6) is -1.19. The van der Waals surface area contributed by atoms with Crippen molar-refractivity contribution < 1.29 is 18.3 Å². The predicted octanol–water partition coefficient (Wildman–Crippen LogP) is 0.239. The lowest BCUT2D eigenvalue weighted by Crippen LogP contribution is -2.49. The molecule has 1 aliphatic carbocycles. The first kappa shape index (κ1) is 15.4. The van der Waals surface area contributed by atoms with Crippen molar-refractivity contribution in [3.05, 3.63) is 0 Å². The fraction of sp³-hybridized carbons (Fsp3) is 0.909. The lowest BCUT2D eigenvalue weighted by Gasteiger charge is -2.37. The van der Waals surface area contributed by atoms with E-state index in [4.69, 9.17) is 10.8 Å². The average Bonchev–Trinajstić information content (AvgIpc) is 2.36. The summed E-state index contributed by atoms with van der Waals surface area (Å²) in [6, 6.07) is -0.171. The number of carbonyl (C=O) groups is 1. The topological polar surface area (TPSA) is 101 Å².